The highest BCUT2D eigenvalue weighted by atomic mass is 28.4. The highest BCUT2D eigenvalue weighted by Crippen LogP contribution is 2.21. The highest BCUT2D eigenvalue weighted by Gasteiger charge is 2.32. The van der Waals surface area contributed by atoms with Crippen LogP contribution < -0.4 is 5.19 Å². The summed E-state index contributed by atoms with van der Waals surface area (Å²) in [7, 11) is -2.29. The Morgan fingerprint density at radius 1 is 0.889 bits per heavy atom. The Balaban J connectivity index is 2.56. The summed E-state index contributed by atoms with van der Waals surface area (Å²) in [5.74, 6) is 0. The van der Waals surface area contributed by atoms with Crippen molar-refractivity contribution in [2.75, 3.05) is 0 Å². The molecule has 0 saturated carbocycles. The van der Waals surface area contributed by atoms with Gasteiger partial charge in [0.1, 0.15) is 0 Å². The van der Waals surface area contributed by atoms with E-state index >= 15 is 0 Å². The molecule has 0 atom stereocenters. The maximum absolute atomic E-state index is 11.1. The van der Waals surface area contributed by atoms with E-state index in [1.807, 2.05) is 0 Å². The molecule has 1 nitrogen and oxygen atoms in total. The number of rotatable bonds is 5. The molecular weight excluding hydrogens is 236 g/mol. The summed E-state index contributed by atoms with van der Waals surface area (Å²) in [6.45, 7) is 4.33. The van der Waals surface area contributed by atoms with Crippen LogP contribution in [0.15, 0.2) is 42.5 Å². The predicted molar refractivity (Wildman–Crippen MR) is 81.8 cm³/mol. The molecule has 0 radical (unpaired) electrons. The van der Waals surface area contributed by atoms with Crippen molar-refractivity contribution < 1.29 is 4.80 Å². The van der Waals surface area contributed by atoms with E-state index in [1.54, 1.807) is 0 Å². The van der Waals surface area contributed by atoms with E-state index in [0.717, 1.165) is 24.9 Å². The van der Waals surface area contributed by atoms with Gasteiger partial charge in [0.2, 0.25) is 8.32 Å². The van der Waals surface area contributed by atoms with E-state index in [0.29, 0.717) is 0 Å². The molecular formula is C16H22OSi. The Hall–Kier alpha value is -1.12. The van der Waals surface area contributed by atoms with Crippen LogP contribution in [0.3, 0.4) is 0 Å². The van der Waals surface area contributed by atoms with Gasteiger partial charge in [-0.2, -0.15) is 0 Å². The second kappa shape index (κ2) is 5.68. The molecule has 0 spiro atoms. The number of benzene rings is 2. The van der Waals surface area contributed by atoms with Crippen molar-refractivity contribution >= 4 is 24.3 Å². The normalized spacial score (nSPS) is 11.9. The fraction of sp³-hybridized carbons (Fsp3) is 0.375. The van der Waals surface area contributed by atoms with E-state index in [-0.39, 0.29) is 0 Å². The Labute approximate surface area is 111 Å². The molecule has 0 aromatic heterocycles. The van der Waals surface area contributed by atoms with E-state index in [2.05, 4.69) is 56.3 Å². The largest absolute Gasteiger partial charge is 0.427 e. The van der Waals surface area contributed by atoms with Crippen LogP contribution in [-0.4, -0.2) is 13.1 Å². The summed E-state index contributed by atoms with van der Waals surface area (Å²) in [5, 5.41) is 3.72. The third-order valence-electron chi connectivity index (χ3n) is 3.62. The molecule has 0 bridgehead atoms. The Morgan fingerprint density at radius 2 is 1.50 bits per heavy atom. The van der Waals surface area contributed by atoms with Crippen LogP contribution in [-0.2, 0) is 0 Å². The zero-order chi connectivity index (χ0) is 13.0. The average molecular weight is 258 g/mol. The van der Waals surface area contributed by atoms with Crippen molar-refractivity contribution in [3.63, 3.8) is 0 Å². The monoisotopic (exact) mass is 258 g/mol. The molecule has 0 aliphatic carbocycles. The number of hydrogen-bond acceptors (Lipinski definition) is 1. The van der Waals surface area contributed by atoms with E-state index in [1.165, 1.54) is 16.0 Å². The number of hydrogen-bond donors (Lipinski definition) is 1. The molecule has 1 N–H and O–H groups in total. The Morgan fingerprint density at radius 3 is 2.17 bits per heavy atom. The summed E-state index contributed by atoms with van der Waals surface area (Å²) in [5.41, 5.74) is 0. The zero-order valence-corrected chi connectivity index (χ0v) is 12.3. The van der Waals surface area contributed by atoms with Crippen molar-refractivity contribution in [2.45, 2.75) is 38.8 Å². The standard InChI is InChI=1S/C16H22OSi/c1-3-12-18(17,13-4-2)16-11-7-9-14-8-5-6-10-15(14)16/h5-11,17H,3-4,12-13H2,1-2H3. The molecule has 0 saturated heterocycles. The SMILES string of the molecule is CCC[Si](O)(CCC)c1cccc2ccccc12. The minimum absolute atomic E-state index is 0.967. The molecule has 0 aliphatic rings. The molecule has 2 heteroatoms. The van der Waals surface area contributed by atoms with Crippen molar-refractivity contribution in [3.8, 4) is 0 Å². The topological polar surface area (TPSA) is 20.2 Å². The van der Waals surface area contributed by atoms with Gasteiger partial charge in [0, 0.05) is 0 Å². The second-order valence-electron chi connectivity index (χ2n) is 5.06. The lowest BCUT2D eigenvalue weighted by atomic mass is 10.1. The van der Waals surface area contributed by atoms with Gasteiger partial charge in [-0.05, 0) is 28.0 Å². The smallest absolute Gasteiger partial charge is 0.220 e. The van der Waals surface area contributed by atoms with Crippen molar-refractivity contribution in [3.05, 3.63) is 42.5 Å². The lowest BCUT2D eigenvalue weighted by Crippen LogP contribution is -2.48. The fourth-order valence-electron chi connectivity index (χ4n) is 2.85. The first-order valence-corrected chi connectivity index (χ1v) is 9.28. The van der Waals surface area contributed by atoms with Gasteiger partial charge in [-0.3, -0.25) is 0 Å². The summed E-state index contributed by atoms with van der Waals surface area (Å²) in [6, 6.07) is 16.7. The first-order chi connectivity index (χ1) is 8.71. The molecule has 0 heterocycles. The van der Waals surface area contributed by atoms with E-state index in [9.17, 15) is 4.80 Å². The van der Waals surface area contributed by atoms with Crippen LogP contribution in [0.1, 0.15) is 26.7 Å². The lowest BCUT2D eigenvalue weighted by molar-refractivity contribution is 0.540. The van der Waals surface area contributed by atoms with E-state index < -0.39 is 8.32 Å². The molecule has 18 heavy (non-hydrogen) atoms. The second-order valence-corrected chi connectivity index (χ2v) is 8.66. The maximum atomic E-state index is 11.1. The third-order valence-corrected chi connectivity index (χ3v) is 7.71. The first-order valence-electron chi connectivity index (χ1n) is 6.92. The van der Waals surface area contributed by atoms with Gasteiger partial charge in [0.15, 0.2) is 0 Å². The van der Waals surface area contributed by atoms with Crippen molar-refractivity contribution in [1.82, 2.24) is 0 Å². The zero-order valence-electron chi connectivity index (χ0n) is 11.3. The highest BCUT2D eigenvalue weighted by molar-refractivity contribution is 6.87. The van der Waals surface area contributed by atoms with Crippen LogP contribution in [0, 0.1) is 0 Å². The van der Waals surface area contributed by atoms with Crippen molar-refractivity contribution in [1.29, 1.82) is 0 Å². The van der Waals surface area contributed by atoms with Gasteiger partial charge in [-0.15, -0.1) is 0 Å². The molecule has 0 unspecified atom stereocenters. The van der Waals surface area contributed by atoms with Crippen LogP contribution in [0.4, 0.5) is 0 Å². The molecule has 2 aromatic carbocycles. The van der Waals surface area contributed by atoms with Gasteiger partial charge >= 0.3 is 0 Å². The molecule has 2 rings (SSSR count). The van der Waals surface area contributed by atoms with Gasteiger partial charge in [-0.25, -0.2) is 0 Å². The predicted octanol–water partition coefficient (Wildman–Crippen LogP) is 3.80. The average Bonchev–Trinajstić information content (AvgIpc) is 2.38. The van der Waals surface area contributed by atoms with Gasteiger partial charge in [0.25, 0.3) is 0 Å². The van der Waals surface area contributed by atoms with Gasteiger partial charge in [-0.1, -0.05) is 69.2 Å². The summed E-state index contributed by atoms with van der Waals surface area (Å²) < 4.78 is 0. The minimum Gasteiger partial charge on any atom is -0.427 e. The summed E-state index contributed by atoms with van der Waals surface area (Å²) in [4.78, 5) is 11.1. The van der Waals surface area contributed by atoms with Crippen LogP contribution >= 0.6 is 0 Å². The van der Waals surface area contributed by atoms with Crippen LogP contribution in [0.25, 0.3) is 10.8 Å². The minimum atomic E-state index is -2.29. The van der Waals surface area contributed by atoms with E-state index in [4.69, 9.17) is 0 Å². The first kappa shape index (κ1) is 13.3. The molecule has 0 fully saturated rings. The summed E-state index contributed by atoms with van der Waals surface area (Å²) >= 11 is 0. The molecule has 0 amide bonds. The number of fused-ring (bicyclic) bond motifs is 1. The van der Waals surface area contributed by atoms with Crippen molar-refractivity contribution in [2.24, 2.45) is 0 Å². The molecule has 96 valence electrons. The summed E-state index contributed by atoms with van der Waals surface area (Å²) in [6.07, 6.45) is 2.12. The molecule has 0 aliphatic heterocycles. The van der Waals surface area contributed by atoms with Gasteiger partial charge < -0.3 is 4.80 Å². The fourth-order valence-corrected chi connectivity index (χ4v) is 6.43. The lowest BCUT2D eigenvalue weighted by Gasteiger charge is -2.26. The van der Waals surface area contributed by atoms with Gasteiger partial charge in [0.05, 0.1) is 0 Å². The molecule has 2 aromatic rings. The van der Waals surface area contributed by atoms with Crippen LogP contribution in [0.5, 0.6) is 0 Å². The Bertz CT molecular complexity index is 510. The quantitative estimate of drug-likeness (QED) is 0.809. The van der Waals surface area contributed by atoms with Crippen LogP contribution in [0.2, 0.25) is 12.1 Å². The third kappa shape index (κ3) is 2.50. The maximum Gasteiger partial charge on any atom is 0.220 e. The Kier molecular flexibility index (Phi) is 4.20.